The highest BCUT2D eigenvalue weighted by Gasteiger charge is 2.16. The molecule has 0 fully saturated rings. The molecule has 2 aromatic carbocycles. The molecular weight excluding hydrogens is 374 g/mol. The number of carbonyl (C=O) groups excluding carboxylic acids is 2. The largest absolute Gasteiger partial charge is 0.452 e. The summed E-state index contributed by atoms with van der Waals surface area (Å²) in [5.74, 6) is -0.410. The van der Waals surface area contributed by atoms with Crippen molar-refractivity contribution in [1.29, 1.82) is 0 Å². The van der Waals surface area contributed by atoms with Crippen molar-refractivity contribution in [3.05, 3.63) is 70.3 Å². The van der Waals surface area contributed by atoms with Crippen LogP contribution < -0.4 is 5.32 Å². The van der Waals surface area contributed by atoms with Gasteiger partial charge in [-0.15, -0.1) is 0 Å². The molecule has 0 radical (unpaired) electrons. The number of esters is 1. The maximum absolute atomic E-state index is 12.4. The van der Waals surface area contributed by atoms with E-state index in [4.69, 9.17) is 16.3 Å². The van der Waals surface area contributed by atoms with Gasteiger partial charge in [-0.2, -0.15) is 0 Å². The maximum Gasteiger partial charge on any atom is 0.331 e. The highest BCUT2D eigenvalue weighted by Crippen LogP contribution is 2.32. The van der Waals surface area contributed by atoms with E-state index >= 15 is 0 Å². The summed E-state index contributed by atoms with van der Waals surface area (Å²) in [6, 6.07) is 13.1. The van der Waals surface area contributed by atoms with Crippen LogP contribution in [0.2, 0.25) is 5.02 Å². The van der Waals surface area contributed by atoms with Crippen molar-refractivity contribution in [2.75, 3.05) is 11.9 Å². The number of carbonyl (C=O) groups is 2. The Labute approximate surface area is 171 Å². The Hall–Kier alpha value is -2.59. The van der Waals surface area contributed by atoms with E-state index in [1.165, 1.54) is 6.08 Å². The lowest BCUT2D eigenvalue weighted by Crippen LogP contribution is -2.22. The van der Waals surface area contributed by atoms with Crippen molar-refractivity contribution >= 4 is 35.2 Å². The quantitative estimate of drug-likeness (QED) is 0.474. The van der Waals surface area contributed by atoms with Crippen molar-refractivity contribution in [3.8, 4) is 0 Å². The molecule has 0 aliphatic rings. The summed E-state index contributed by atoms with van der Waals surface area (Å²) in [6.45, 7) is 7.98. The van der Waals surface area contributed by atoms with Crippen LogP contribution in [0.1, 0.15) is 56.2 Å². The molecule has 2 aromatic rings. The molecule has 1 amide bonds. The van der Waals surface area contributed by atoms with Gasteiger partial charge in [0.05, 0.1) is 0 Å². The molecule has 0 unspecified atom stereocenters. The predicted octanol–water partition coefficient (Wildman–Crippen LogP) is 5.78. The van der Waals surface area contributed by atoms with Crippen molar-refractivity contribution in [3.63, 3.8) is 0 Å². The number of ether oxygens (including phenoxy) is 1. The van der Waals surface area contributed by atoms with E-state index in [-0.39, 0.29) is 24.3 Å². The molecule has 5 heteroatoms. The van der Waals surface area contributed by atoms with Gasteiger partial charge in [-0.25, -0.2) is 4.79 Å². The second kappa shape index (κ2) is 10.1. The number of rotatable bonds is 7. The number of nitrogens with one attached hydrogen (secondary N) is 1. The van der Waals surface area contributed by atoms with Crippen LogP contribution in [-0.4, -0.2) is 18.5 Å². The molecule has 0 aromatic heterocycles. The molecule has 2 rings (SSSR count). The third kappa shape index (κ3) is 6.24. The molecule has 0 heterocycles. The highest BCUT2D eigenvalue weighted by molar-refractivity contribution is 6.30. The van der Waals surface area contributed by atoms with Gasteiger partial charge in [0.2, 0.25) is 0 Å². The van der Waals surface area contributed by atoms with E-state index in [0.29, 0.717) is 5.02 Å². The Bertz CT molecular complexity index is 828. The zero-order valence-corrected chi connectivity index (χ0v) is 17.4. The SMILES string of the molecule is CC(C)c1cccc(C(C)C)c1NC(=O)COC(=O)C=Cc1ccc(Cl)cc1. The molecule has 0 atom stereocenters. The smallest absolute Gasteiger partial charge is 0.331 e. The van der Waals surface area contributed by atoms with E-state index in [1.807, 2.05) is 18.2 Å². The van der Waals surface area contributed by atoms with Gasteiger partial charge in [-0.3, -0.25) is 4.79 Å². The van der Waals surface area contributed by atoms with Gasteiger partial charge >= 0.3 is 5.97 Å². The number of hydrogen-bond acceptors (Lipinski definition) is 3. The molecule has 148 valence electrons. The molecule has 0 aliphatic carbocycles. The second-order valence-corrected chi connectivity index (χ2v) is 7.60. The summed E-state index contributed by atoms with van der Waals surface area (Å²) < 4.78 is 5.06. The monoisotopic (exact) mass is 399 g/mol. The molecule has 0 bridgehead atoms. The average Bonchev–Trinajstić information content (AvgIpc) is 2.65. The minimum atomic E-state index is -0.577. The van der Waals surface area contributed by atoms with Gasteiger partial charge in [0, 0.05) is 16.8 Å². The fraction of sp³-hybridized carbons (Fsp3) is 0.304. The first-order valence-corrected chi connectivity index (χ1v) is 9.68. The lowest BCUT2D eigenvalue weighted by molar-refractivity contribution is -0.142. The number of para-hydroxylation sites is 1. The second-order valence-electron chi connectivity index (χ2n) is 7.16. The van der Waals surface area contributed by atoms with Gasteiger partial charge in [-0.1, -0.05) is 69.6 Å². The Kier molecular flexibility index (Phi) is 7.82. The molecule has 4 nitrogen and oxygen atoms in total. The van der Waals surface area contributed by atoms with E-state index in [0.717, 1.165) is 22.4 Å². The molecule has 0 saturated heterocycles. The number of benzene rings is 2. The first-order valence-electron chi connectivity index (χ1n) is 9.31. The first kappa shape index (κ1) is 21.7. The summed E-state index contributed by atoms with van der Waals surface area (Å²) >= 11 is 5.83. The fourth-order valence-corrected chi connectivity index (χ4v) is 2.92. The minimum Gasteiger partial charge on any atom is -0.452 e. The standard InChI is InChI=1S/C23H26ClNO3/c1-15(2)19-6-5-7-20(16(3)4)23(19)25-21(26)14-28-22(27)13-10-17-8-11-18(24)12-9-17/h5-13,15-16H,14H2,1-4H3,(H,25,26). The fourth-order valence-electron chi connectivity index (χ4n) is 2.79. The van der Waals surface area contributed by atoms with Crippen LogP contribution >= 0.6 is 11.6 Å². The van der Waals surface area contributed by atoms with Crippen LogP contribution in [0.5, 0.6) is 0 Å². The Morgan fingerprint density at radius 3 is 2.11 bits per heavy atom. The van der Waals surface area contributed by atoms with Crippen molar-refractivity contribution in [1.82, 2.24) is 0 Å². The third-order valence-electron chi connectivity index (χ3n) is 4.26. The van der Waals surface area contributed by atoms with Crippen LogP contribution in [0.3, 0.4) is 0 Å². The zero-order valence-electron chi connectivity index (χ0n) is 16.7. The van der Waals surface area contributed by atoms with Gasteiger partial charge in [0.15, 0.2) is 6.61 Å². The zero-order chi connectivity index (χ0) is 20.7. The maximum atomic E-state index is 12.4. The summed E-state index contributed by atoms with van der Waals surface area (Å²) in [5, 5.41) is 3.55. The van der Waals surface area contributed by atoms with Crippen molar-refractivity contribution < 1.29 is 14.3 Å². The summed E-state index contributed by atoms with van der Waals surface area (Å²) in [4.78, 5) is 24.2. The minimum absolute atomic E-state index is 0.263. The van der Waals surface area contributed by atoms with Crippen molar-refractivity contribution in [2.24, 2.45) is 0 Å². The van der Waals surface area contributed by atoms with Crippen LogP contribution in [-0.2, 0) is 14.3 Å². The average molecular weight is 400 g/mol. The Morgan fingerprint density at radius 1 is 1.00 bits per heavy atom. The first-order chi connectivity index (χ1) is 13.3. The summed E-state index contributed by atoms with van der Waals surface area (Å²) in [7, 11) is 0. The number of anilines is 1. The normalized spacial score (nSPS) is 11.2. The van der Waals surface area contributed by atoms with Gasteiger partial charge in [-0.05, 0) is 46.7 Å². The van der Waals surface area contributed by atoms with Crippen LogP contribution in [0, 0.1) is 0 Å². The van der Waals surface area contributed by atoms with Gasteiger partial charge in [0.25, 0.3) is 5.91 Å². The van der Waals surface area contributed by atoms with E-state index in [1.54, 1.807) is 30.3 Å². The topological polar surface area (TPSA) is 55.4 Å². The molecule has 1 N–H and O–H groups in total. The highest BCUT2D eigenvalue weighted by atomic mass is 35.5. The number of amides is 1. The summed E-state index contributed by atoms with van der Waals surface area (Å²) in [5.41, 5.74) is 3.76. The summed E-state index contributed by atoms with van der Waals surface area (Å²) in [6.07, 6.45) is 2.90. The van der Waals surface area contributed by atoms with E-state index < -0.39 is 5.97 Å². The van der Waals surface area contributed by atoms with Crippen LogP contribution in [0.25, 0.3) is 6.08 Å². The molecule has 0 aliphatic heterocycles. The lowest BCUT2D eigenvalue weighted by atomic mass is 9.92. The molecule has 0 saturated carbocycles. The van der Waals surface area contributed by atoms with Gasteiger partial charge in [0.1, 0.15) is 0 Å². The van der Waals surface area contributed by atoms with E-state index in [2.05, 4.69) is 33.0 Å². The van der Waals surface area contributed by atoms with E-state index in [9.17, 15) is 9.59 Å². The van der Waals surface area contributed by atoms with Crippen LogP contribution in [0.4, 0.5) is 5.69 Å². The lowest BCUT2D eigenvalue weighted by Gasteiger charge is -2.20. The molecule has 28 heavy (non-hydrogen) atoms. The van der Waals surface area contributed by atoms with Gasteiger partial charge < -0.3 is 10.1 Å². The third-order valence-corrected chi connectivity index (χ3v) is 4.52. The Morgan fingerprint density at radius 2 is 1.57 bits per heavy atom. The Balaban J connectivity index is 1.99. The van der Waals surface area contributed by atoms with Crippen LogP contribution in [0.15, 0.2) is 48.5 Å². The number of hydrogen-bond donors (Lipinski definition) is 1. The molecule has 0 spiro atoms. The molecular formula is C23H26ClNO3. The van der Waals surface area contributed by atoms with Crippen molar-refractivity contribution in [2.45, 2.75) is 39.5 Å². The number of halogens is 1. The predicted molar refractivity (Wildman–Crippen MR) is 115 cm³/mol.